The first-order valence-electron chi connectivity index (χ1n) is 6.59. The quantitative estimate of drug-likeness (QED) is 0.799. The SMILES string of the molecule is CC(C)(C)OC(=O)N1C=COC(C2=C(N)C=CCC2)=C1. The number of rotatable bonds is 1. The summed E-state index contributed by atoms with van der Waals surface area (Å²) in [7, 11) is 0. The van der Waals surface area contributed by atoms with E-state index in [0.717, 1.165) is 18.4 Å². The van der Waals surface area contributed by atoms with E-state index in [9.17, 15) is 4.79 Å². The fraction of sp³-hybridized carbons (Fsp3) is 0.400. The smallest absolute Gasteiger partial charge is 0.418 e. The molecule has 0 spiro atoms. The zero-order chi connectivity index (χ0) is 14.8. The number of hydrogen-bond donors (Lipinski definition) is 1. The third kappa shape index (κ3) is 3.44. The van der Waals surface area contributed by atoms with Gasteiger partial charge in [-0.2, -0.15) is 0 Å². The van der Waals surface area contributed by atoms with Crippen LogP contribution in [0.15, 0.2) is 47.8 Å². The van der Waals surface area contributed by atoms with Gasteiger partial charge in [0.1, 0.15) is 17.6 Å². The molecule has 1 amide bonds. The van der Waals surface area contributed by atoms with Gasteiger partial charge in [-0.25, -0.2) is 4.79 Å². The summed E-state index contributed by atoms with van der Waals surface area (Å²) in [6.07, 6.45) is 9.72. The van der Waals surface area contributed by atoms with Gasteiger partial charge in [-0.1, -0.05) is 6.08 Å². The molecule has 1 aliphatic heterocycles. The Kier molecular flexibility index (Phi) is 3.88. The zero-order valence-electron chi connectivity index (χ0n) is 12.1. The molecular formula is C15H20N2O3. The lowest BCUT2D eigenvalue weighted by molar-refractivity contribution is 0.0383. The molecule has 0 atom stereocenters. The molecule has 2 N–H and O–H groups in total. The molecule has 108 valence electrons. The highest BCUT2D eigenvalue weighted by Crippen LogP contribution is 2.27. The molecule has 0 aromatic carbocycles. The van der Waals surface area contributed by atoms with E-state index in [2.05, 4.69) is 0 Å². The van der Waals surface area contributed by atoms with Gasteiger partial charge in [-0.05, 0) is 39.7 Å². The molecule has 0 saturated heterocycles. The number of carbonyl (C=O) groups excluding carboxylic acids is 1. The summed E-state index contributed by atoms with van der Waals surface area (Å²) in [6.45, 7) is 5.48. The van der Waals surface area contributed by atoms with Crippen molar-refractivity contribution in [1.82, 2.24) is 4.90 Å². The molecule has 1 aliphatic carbocycles. The number of nitrogens with two attached hydrogens (primary N) is 1. The van der Waals surface area contributed by atoms with E-state index in [1.54, 1.807) is 6.20 Å². The predicted molar refractivity (Wildman–Crippen MR) is 76.0 cm³/mol. The molecule has 0 bridgehead atoms. The van der Waals surface area contributed by atoms with Crippen molar-refractivity contribution < 1.29 is 14.3 Å². The third-order valence-corrected chi connectivity index (χ3v) is 2.78. The van der Waals surface area contributed by atoms with Crippen LogP contribution in [0.1, 0.15) is 33.6 Å². The Bertz CT molecular complexity index is 522. The van der Waals surface area contributed by atoms with Gasteiger partial charge in [0.2, 0.25) is 0 Å². The van der Waals surface area contributed by atoms with Crippen LogP contribution in [-0.4, -0.2) is 16.6 Å². The van der Waals surface area contributed by atoms with Crippen molar-refractivity contribution in [2.45, 2.75) is 39.2 Å². The minimum Gasteiger partial charge on any atom is -0.462 e. The zero-order valence-corrected chi connectivity index (χ0v) is 12.1. The first kappa shape index (κ1) is 14.2. The largest absolute Gasteiger partial charge is 0.462 e. The number of allylic oxidation sites excluding steroid dienone is 3. The highest BCUT2D eigenvalue weighted by Gasteiger charge is 2.23. The Morgan fingerprint density at radius 2 is 2.20 bits per heavy atom. The third-order valence-electron chi connectivity index (χ3n) is 2.78. The summed E-state index contributed by atoms with van der Waals surface area (Å²) in [5.41, 5.74) is 6.98. The topological polar surface area (TPSA) is 64.8 Å². The summed E-state index contributed by atoms with van der Waals surface area (Å²) in [5.74, 6) is 0.584. The summed E-state index contributed by atoms with van der Waals surface area (Å²) < 4.78 is 10.8. The van der Waals surface area contributed by atoms with Gasteiger partial charge in [-0.3, -0.25) is 4.90 Å². The average Bonchev–Trinajstić information content (AvgIpc) is 2.37. The second-order valence-corrected chi connectivity index (χ2v) is 5.66. The van der Waals surface area contributed by atoms with E-state index in [0.29, 0.717) is 11.5 Å². The minimum absolute atomic E-state index is 0.444. The molecule has 0 aromatic rings. The Hall–Kier alpha value is -2.17. The fourth-order valence-corrected chi connectivity index (χ4v) is 1.89. The van der Waals surface area contributed by atoms with Gasteiger partial charge in [0.15, 0.2) is 0 Å². The summed E-state index contributed by atoms with van der Waals surface area (Å²) in [5, 5.41) is 0. The first-order valence-corrected chi connectivity index (χ1v) is 6.59. The lowest BCUT2D eigenvalue weighted by atomic mass is 10.0. The van der Waals surface area contributed by atoms with Gasteiger partial charge in [0, 0.05) is 11.3 Å². The van der Waals surface area contributed by atoms with Gasteiger partial charge in [0.25, 0.3) is 0 Å². The van der Waals surface area contributed by atoms with Crippen LogP contribution in [0.2, 0.25) is 0 Å². The second-order valence-electron chi connectivity index (χ2n) is 5.66. The van der Waals surface area contributed by atoms with Crippen LogP contribution in [0, 0.1) is 0 Å². The number of carbonyl (C=O) groups is 1. The Morgan fingerprint density at radius 1 is 1.45 bits per heavy atom. The van der Waals surface area contributed by atoms with Crippen molar-refractivity contribution in [3.8, 4) is 0 Å². The minimum atomic E-state index is -0.539. The lowest BCUT2D eigenvalue weighted by Crippen LogP contribution is -2.32. The van der Waals surface area contributed by atoms with Crippen LogP contribution < -0.4 is 5.73 Å². The number of hydrogen-bond acceptors (Lipinski definition) is 4. The lowest BCUT2D eigenvalue weighted by Gasteiger charge is -2.26. The van der Waals surface area contributed by atoms with Crippen LogP contribution in [0.5, 0.6) is 0 Å². The molecule has 0 saturated carbocycles. The maximum absolute atomic E-state index is 12.0. The van der Waals surface area contributed by atoms with Crippen LogP contribution in [0.25, 0.3) is 0 Å². The van der Waals surface area contributed by atoms with E-state index in [4.69, 9.17) is 15.2 Å². The molecule has 0 unspecified atom stereocenters. The standard InChI is InChI=1S/C15H20N2O3/c1-15(2,3)20-14(18)17-8-9-19-13(10-17)11-6-4-5-7-12(11)16/h5,7-10H,4,6,16H2,1-3H3. The predicted octanol–water partition coefficient (Wildman–Crippen LogP) is 3.13. The van der Waals surface area contributed by atoms with E-state index in [-0.39, 0.29) is 0 Å². The maximum Gasteiger partial charge on any atom is 0.418 e. The Balaban J connectivity index is 2.17. The molecule has 5 nitrogen and oxygen atoms in total. The monoisotopic (exact) mass is 276 g/mol. The molecule has 0 aromatic heterocycles. The number of ether oxygens (including phenoxy) is 2. The van der Waals surface area contributed by atoms with E-state index in [1.165, 1.54) is 17.4 Å². The van der Waals surface area contributed by atoms with Gasteiger partial charge < -0.3 is 15.2 Å². The highest BCUT2D eigenvalue weighted by molar-refractivity contribution is 5.71. The summed E-state index contributed by atoms with van der Waals surface area (Å²) in [4.78, 5) is 13.4. The molecule has 0 radical (unpaired) electrons. The van der Waals surface area contributed by atoms with Crippen LogP contribution >= 0.6 is 0 Å². The van der Waals surface area contributed by atoms with Crippen molar-refractivity contribution in [3.05, 3.63) is 47.8 Å². The van der Waals surface area contributed by atoms with E-state index < -0.39 is 11.7 Å². The number of amides is 1. The maximum atomic E-state index is 12.0. The van der Waals surface area contributed by atoms with Crippen LogP contribution in [0.4, 0.5) is 4.79 Å². The van der Waals surface area contributed by atoms with Crippen molar-refractivity contribution in [2.75, 3.05) is 0 Å². The Morgan fingerprint density at radius 3 is 2.85 bits per heavy atom. The summed E-state index contributed by atoms with van der Waals surface area (Å²) in [6, 6.07) is 0. The Labute approximate surface area is 119 Å². The van der Waals surface area contributed by atoms with Crippen molar-refractivity contribution in [1.29, 1.82) is 0 Å². The molecule has 0 fully saturated rings. The molecular weight excluding hydrogens is 256 g/mol. The molecule has 2 aliphatic rings. The van der Waals surface area contributed by atoms with Gasteiger partial charge in [0.05, 0.1) is 12.4 Å². The first-order chi connectivity index (χ1) is 9.37. The molecule has 1 heterocycles. The normalized spacial score (nSPS) is 18.8. The van der Waals surface area contributed by atoms with E-state index >= 15 is 0 Å². The summed E-state index contributed by atoms with van der Waals surface area (Å²) >= 11 is 0. The van der Waals surface area contributed by atoms with Crippen LogP contribution in [-0.2, 0) is 9.47 Å². The molecule has 20 heavy (non-hydrogen) atoms. The van der Waals surface area contributed by atoms with Crippen molar-refractivity contribution in [2.24, 2.45) is 5.73 Å². The molecule has 2 rings (SSSR count). The molecule has 5 heteroatoms. The van der Waals surface area contributed by atoms with E-state index in [1.807, 2.05) is 32.9 Å². The van der Waals surface area contributed by atoms with Gasteiger partial charge >= 0.3 is 6.09 Å². The number of nitrogens with zero attached hydrogens (tertiary/aromatic N) is 1. The fourth-order valence-electron chi connectivity index (χ4n) is 1.89. The second kappa shape index (κ2) is 5.45. The van der Waals surface area contributed by atoms with Crippen molar-refractivity contribution >= 4 is 6.09 Å². The van der Waals surface area contributed by atoms with Crippen LogP contribution in [0.3, 0.4) is 0 Å². The average molecular weight is 276 g/mol. The van der Waals surface area contributed by atoms with Gasteiger partial charge in [-0.15, -0.1) is 0 Å². The highest BCUT2D eigenvalue weighted by atomic mass is 16.6. The van der Waals surface area contributed by atoms with Crippen molar-refractivity contribution in [3.63, 3.8) is 0 Å².